The van der Waals surface area contributed by atoms with Crippen molar-refractivity contribution in [2.75, 3.05) is 5.32 Å². The van der Waals surface area contributed by atoms with Gasteiger partial charge in [0.05, 0.1) is 15.6 Å². The number of halogens is 1. The van der Waals surface area contributed by atoms with E-state index in [9.17, 15) is 10.1 Å². The number of anilines is 1. The molecule has 1 aromatic rings. The summed E-state index contributed by atoms with van der Waals surface area (Å²) in [5.41, 5.74) is 0.831. The molecular formula is C14H19ClN2O2. The van der Waals surface area contributed by atoms with E-state index in [1.807, 2.05) is 0 Å². The normalized spacial score (nSPS) is 23.1. The molecule has 19 heavy (non-hydrogen) atoms. The summed E-state index contributed by atoms with van der Waals surface area (Å²) in [5.74, 6) is 0.852. The lowest BCUT2D eigenvalue weighted by Crippen LogP contribution is -2.26. The van der Waals surface area contributed by atoms with Gasteiger partial charge in [-0.25, -0.2) is 0 Å². The molecule has 104 valence electrons. The predicted molar refractivity (Wildman–Crippen MR) is 77.8 cm³/mol. The van der Waals surface area contributed by atoms with E-state index >= 15 is 0 Å². The van der Waals surface area contributed by atoms with Crippen molar-refractivity contribution in [2.45, 2.75) is 45.1 Å². The molecule has 0 aliphatic heterocycles. The predicted octanol–water partition coefficient (Wildman–Crippen LogP) is 4.63. The SMILES string of the molecule is CCC1CCC(Nc2ccc([N+](=O)[O-])cc2Cl)CC1. The number of nitro benzene ring substituents is 1. The van der Waals surface area contributed by atoms with Crippen LogP contribution in [0.25, 0.3) is 0 Å². The van der Waals surface area contributed by atoms with Gasteiger partial charge in [-0.05, 0) is 37.7 Å². The van der Waals surface area contributed by atoms with E-state index in [0.717, 1.165) is 24.4 Å². The smallest absolute Gasteiger partial charge is 0.271 e. The summed E-state index contributed by atoms with van der Waals surface area (Å²) in [6.07, 6.45) is 6.04. The van der Waals surface area contributed by atoms with Crippen molar-refractivity contribution >= 4 is 23.0 Å². The van der Waals surface area contributed by atoms with Crippen LogP contribution >= 0.6 is 11.6 Å². The van der Waals surface area contributed by atoms with Crippen LogP contribution in [0.4, 0.5) is 11.4 Å². The minimum Gasteiger partial charge on any atom is -0.381 e. The molecule has 0 heterocycles. The molecule has 1 aliphatic rings. The van der Waals surface area contributed by atoms with Gasteiger partial charge < -0.3 is 5.32 Å². The van der Waals surface area contributed by atoms with Crippen molar-refractivity contribution in [2.24, 2.45) is 5.92 Å². The fourth-order valence-electron chi connectivity index (χ4n) is 2.67. The Hall–Kier alpha value is -1.29. The Labute approximate surface area is 118 Å². The second-order valence-electron chi connectivity index (χ2n) is 5.19. The maximum atomic E-state index is 10.7. The van der Waals surface area contributed by atoms with Crippen LogP contribution in [-0.4, -0.2) is 11.0 Å². The Morgan fingerprint density at radius 3 is 2.58 bits per heavy atom. The van der Waals surface area contributed by atoms with E-state index in [-0.39, 0.29) is 5.69 Å². The second-order valence-corrected chi connectivity index (χ2v) is 5.60. The number of hydrogen-bond donors (Lipinski definition) is 1. The first-order chi connectivity index (χ1) is 9.10. The summed E-state index contributed by atoms with van der Waals surface area (Å²) in [6, 6.07) is 5.03. The number of nitrogens with zero attached hydrogens (tertiary/aromatic N) is 1. The van der Waals surface area contributed by atoms with Gasteiger partial charge >= 0.3 is 0 Å². The number of benzene rings is 1. The van der Waals surface area contributed by atoms with Gasteiger partial charge in [0.15, 0.2) is 0 Å². The highest BCUT2D eigenvalue weighted by Gasteiger charge is 2.20. The highest BCUT2D eigenvalue weighted by molar-refractivity contribution is 6.33. The number of rotatable bonds is 4. The van der Waals surface area contributed by atoms with E-state index in [1.54, 1.807) is 6.07 Å². The number of hydrogen-bond acceptors (Lipinski definition) is 3. The standard InChI is InChI=1S/C14H19ClN2O2/c1-2-10-3-5-11(6-4-10)16-14-8-7-12(17(18)19)9-13(14)15/h7-11,16H,2-6H2,1H3. The molecule has 1 aromatic carbocycles. The molecule has 5 heteroatoms. The topological polar surface area (TPSA) is 55.2 Å². The van der Waals surface area contributed by atoms with Crippen LogP contribution in [0.1, 0.15) is 39.0 Å². The van der Waals surface area contributed by atoms with Gasteiger partial charge in [-0.1, -0.05) is 24.9 Å². The molecule has 2 rings (SSSR count). The summed E-state index contributed by atoms with van der Waals surface area (Å²) >= 11 is 6.08. The average molecular weight is 283 g/mol. The average Bonchev–Trinajstić information content (AvgIpc) is 2.41. The third-order valence-corrected chi connectivity index (χ3v) is 4.26. The van der Waals surface area contributed by atoms with E-state index in [0.29, 0.717) is 11.1 Å². The van der Waals surface area contributed by atoms with Crippen molar-refractivity contribution in [3.63, 3.8) is 0 Å². The zero-order valence-electron chi connectivity index (χ0n) is 11.1. The summed E-state index contributed by atoms with van der Waals surface area (Å²) in [5, 5.41) is 14.5. The zero-order valence-corrected chi connectivity index (χ0v) is 11.8. The summed E-state index contributed by atoms with van der Waals surface area (Å²) in [7, 11) is 0. The first kappa shape index (κ1) is 14.1. The van der Waals surface area contributed by atoms with Gasteiger partial charge in [-0.3, -0.25) is 10.1 Å². The highest BCUT2D eigenvalue weighted by atomic mass is 35.5. The number of non-ortho nitro benzene ring substituents is 1. The van der Waals surface area contributed by atoms with E-state index in [2.05, 4.69) is 12.2 Å². The zero-order chi connectivity index (χ0) is 13.8. The molecule has 0 spiro atoms. The summed E-state index contributed by atoms with van der Waals surface area (Å²) < 4.78 is 0. The molecule has 0 radical (unpaired) electrons. The maximum absolute atomic E-state index is 10.7. The Morgan fingerprint density at radius 1 is 1.37 bits per heavy atom. The van der Waals surface area contributed by atoms with Gasteiger partial charge in [0, 0.05) is 18.2 Å². The molecule has 0 aromatic heterocycles. The van der Waals surface area contributed by atoms with Gasteiger partial charge in [0.1, 0.15) is 0 Å². The van der Waals surface area contributed by atoms with Crippen molar-refractivity contribution in [3.8, 4) is 0 Å². The third kappa shape index (κ3) is 3.60. The molecular weight excluding hydrogens is 264 g/mol. The van der Waals surface area contributed by atoms with Crippen LogP contribution in [0.5, 0.6) is 0 Å². The van der Waals surface area contributed by atoms with Crippen LogP contribution in [0, 0.1) is 16.0 Å². The quantitative estimate of drug-likeness (QED) is 0.647. The molecule has 1 saturated carbocycles. The molecule has 0 atom stereocenters. The van der Waals surface area contributed by atoms with Crippen molar-refractivity contribution in [3.05, 3.63) is 33.3 Å². The Bertz CT molecular complexity index is 457. The van der Waals surface area contributed by atoms with E-state index in [4.69, 9.17) is 11.6 Å². The monoisotopic (exact) mass is 282 g/mol. The molecule has 4 nitrogen and oxygen atoms in total. The molecule has 1 N–H and O–H groups in total. The molecule has 0 unspecified atom stereocenters. The van der Waals surface area contributed by atoms with Crippen LogP contribution in [-0.2, 0) is 0 Å². The number of nitro groups is 1. The molecule has 0 saturated heterocycles. The maximum Gasteiger partial charge on any atom is 0.271 e. The second kappa shape index (κ2) is 6.24. The van der Waals surface area contributed by atoms with Crippen molar-refractivity contribution in [1.82, 2.24) is 0 Å². The fourth-order valence-corrected chi connectivity index (χ4v) is 2.90. The van der Waals surface area contributed by atoms with Gasteiger partial charge in [0.2, 0.25) is 0 Å². The third-order valence-electron chi connectivity index (χ3n) is 3.95. The van der Waals surface area contributed by atoms with Gasteiger partial charge in [0.25, 0.3) is 5.69 Å². The lowest BCUT2D eigenvalue weighted by Gasteiger charge is -2.29. The molecule has 1 aliphatic carbocycles. The lowest BCUT2D eigenvalue weighted by atomic mass is 9.84. The Balaban J connectivity index is 1.98. The van der Waals surface area contributed by atoms with Crippen molar-refractivity contribution < 1.29 is 4.92 Å². The van der Waals surface area contributed by atoms with Crippen LogP contribution < -0.4 is 5.32 Å². The lowest BCUT2D eigenvalue weighted by molar-refractivity contribution is -0.384. The fraction of sp³-hybridized carbons (Fsp3) is 0.571. The van der Waals surface area contributed by atoms with Gasteiger partial charge in [-0.15, -0.1) is 0 Å². The summed E-state index contributed by atoms with van der Waals surface area (Å²) in [6.45, 7) is 2.24. The first-order valence-corrected chi connectivity index (χ1v) is 7.18. The minimum atomic E-state index is -0.428. The molecule has 0 amide bonds. The van der Waals surface area contributed by atoms with E-state index < -0.39 is 4.92 Å². The minimum absolute atomic E-state index is 0.0326. The van der Waals surface area contributed by atoms with Crippen LogP contribution in [0.2, 0.25) is 5.02 Å². The summed E-state index contributed by atoms with van der Waals surface area (Å²) in [4.78, 5) is 10.2. The van der Waals surface area contributed by atoms with Crippen LogP contribution in [0.3, 0.4) is 0 Å². The highest BCUT2D eigenvalue weighted by Crippen LogP contribution is 2.32. The van der Waals surface area contributed by atoms with E-state index in [1.165, 1.54) is 31.4 Å². The molecule has 1 fully saturated rings. The molecule has 0 bridgehead atoms. The van der Waals surface area contributed by atoms with Gasteiger partial charge in [-0.2, -0.15) is 0 Å². The Kier molecular flexibility index (Phi) is 4.64. The largest absolute Gasteiger partial charge is 0.381 e. The van der Waals surface area contributed by atoms with Crippen molar-refractivity contribution in [1.29, 1.82) is 0 Å². The first-order valence-electron chi connectivity index (χ1n) is 6.80. The number of nitrogens with one attached hydrogen (secondary N) is 1. The Morgan fingerprint density at radius 2 is 2.05 bits per heavy atom. The van der Waals surface area contributed by atoms with Crippen LogP contribution in [0.15, 0.2) is 18.2 Å².